The Labute approximate surface area is 118 Å². The number of aryl methyl sites for hydroxylation is 1. The fraction of sp³-hybridized carbons (Fsp3) is 0.312. The summed E-state index contributed by atoms with van der Waals surface area (Å²) in [7, 11) is 0. The topological polar surface area (TPSA) is 34.1 Å². The van der Waals surface area contributed by atoms with Crippen LogP contribution in [0.2, 0.25) is 0 Å². The molecule has 1 N–H and O–H groups in total. The summed E-state index contributed by atoms with van der Waals surface area (Å²) in [6.45, 7) is 6.87. The first-order chi connectivity index (χ1) is 9.60. The van der Waals surface area contributed by atoms with Crippen molar-refractivity contribution in [2.24, 2.45) is 0 Å². The largest absolute Gasteiger partial charge is 0.439 e. The van der Waals surface area contributed by atoms with E-state index in [9.17, 15) is 4.39 Å². The molecule has 1 heterocycles. The van der Waals surface area contributed by atoms with E-state index in [1.54, 1.807) is 19.2 Å². The number of nitrogens with zero attached hydrogens (tertiary/aromatic N) is 1. The molecule has 106 valence electrons. The van der Waals surface area contributed by atoms with Gasteiger partial charge in [0.05, 0.1) is 0 Å². The maximum atomic E-state index is 13.0. The third-order valence-electron chi connectivity index (χ3n) is 3.12. The molecule has 1 unspecified atom stereocenters. The molecule has 2 aromatic rings. The van der Waals surface area contributed by atoms with Crippen LogP contribution in [0.5, 0.6) is 11.6 Å². The summed E-state index contributed by atoms with van der Waals surface area (Å²) in [6.07, 6.45) is 1.79. The molecule has 0 saturated heterocycles. The summed E-state index contributed by atoms with van der Waals surface area (Å²) in [5, 5.41) is 3.32. The highest BCUT2D eigenvalue weighted by Crippen LogP contribution is 2.24. The molecule has 0 bridgehead atoms. The van der Waals surface area contributed by atoms with E-state index >= 15 is 0 Å². The van der Waals surface area contributed by atoms with Crippen molar-refractivity contribution >= 4 is 0 Å². The second kappa shape index (κ2) is 6.48. The van der Waals surface area contributed by atoms with Gasteiger partial charge in [-0.1, -0.05) is 13.0 Å². The van der Waals surface area contributed by atoms with Crippen LogP contribution in [0, 0.1) is 12.7 Å². The van der Waals surface area contributed by atoms with Gasteiger partial charge >= 0.3 is 0 Å². The van der Waals surface area contributed by atoms with E-state index < -0.39 is 0 Å². The molecule has 0 aliphatic rings. The van der Waals surface area contributed by atoms with Crippen LogP contribution in [0.25, 0.3) is 0 Å². The monoisotopic (exact) mass is 274 g/mol. The zero-order valence-corrected chi connectivity index (χ0v) is 12.0. The summed E-state index contributed by atoms with van der Waals surface area (Å²) in [5.74, 6) is 0.858. The summed E-state index contributed by atoms with van der Waals surface area (Å²) in [5.41, 5.74) is 1.85. The zero-order valence-electron chi connectivity index (χ0n) is 12.0. The van der Waals surface area contributed by atoms with E-state index in [1.807, 2.05) is 12.1 Å². The Hall–Kier alpha value is -1.94. The molecule has 0 fully saturated rings. The molecule has 3 nitrogen and oxygen atoms in total. The molecule has 0 aliphatic heterocycles. The van der Waals surface area contributed by atoms with Crippen molar-refractivity contribution < 1.29 is 9.13 Å². The fourth-order valence-electron chi connectivity index (χ4n) is 1.97. The van der Waals surface area contributed by atoms with Crippen molar-refractivity contribution in [2.45, 2.75) is 26.8 Å². The van der Waals surface area contributed by atoms with Gasteiger partial charge in [0.2, 0.25) is 5.88 Å². The highest BCUT2D eigenvalue weighted by Gasteiger charge is 2.06. The van der Waals surface area contributed by atoms with Gasteiger partial charge in [-0.3, -0.25) is 0 Å². The van der Waals surface area contributed by atoms with Gasteiger partial charge < -0.3 is 10.1 Å². The van der Waals surface area contributed by atoms with Crippen molar-refractivity contribution in [3.8, 4) is 11.6 Å². The molecule has 2 rings (SSSR count). The summed E-state index contributed by atoms with van der Waals surface area (Å²) in [4.78, 5) is 4.28. The molecule has 0 radical (unpaired) electrons. The number of halogens is 1. The van der Waals surface area contributed by atoms with Crippen molar-refractivity contribution in [2.75, 3.05) is 6.54 Å². The van der Waals surface area contributed by atoms with Gasteiger partial charge in [0, 0.05) is 18.3 Å². The van der Waals surface area contributed by atoms with E-state index in [0.29, 0.717) is 11.6 Å². The lowest BCUT2D eigenvalue weighted by molar-refractivity contribution is 0.456. The molecule has 0 spiro atoms. The lowest BCUT2D eigenvalue weighted by Gasteiger charge is -2.13. The fourth-order valence-corrected chi connectivity index (χ4v) is 1.97. The summed E-state index contributed by atoms with van der Waals surface area (Å²) in [6, 6.07) is 8.50. The van der Waals surface area contributed by atoms with Gasteiger partial charge in [-0.2, -0.15) is 0 Å². The Kier molecular flexibility index (Phi) is 4.69. The lowest BCUT2D eigenvalue weighted by Crippen LogP contribution is -2.17. The number of rotatable bonds is 5. The van der Waals surface area contributed by atoms with Crippen LogP contribution in [0.4, 0.5) is 4.39 Å². The Morgan fingerprint density at radius 2 is 2.10 bits per heavy atom. The first-order valence-electron chi connectivity index (χ1n) is 6.73. The quantitative estimate of drug-likeness (QED) is 0.895. The van der Waals surface area contributed by atoms with Gasteiger partial charge in [0.1, 0.15) is 11.6 Å². The number of nitrogens with one attached hydrogen (secondary N) is 1. The molecule has 1 atom stereocenters. The third-order valence-corrected chi connectivity index (χ3v) is 3.12. The molecule has 0 amide bonds. The number of ether oxygens (including phenoxy) is 1. The van der Waals surface area contributed by atoms with Crippen LogP contribution in [-0.2, 0) is 0 Å². The van der Waals surface area contributed by atoms with Gasteiger partial charge in [-0.15, -0.1) is 0 Å². The van der Waals surface area contributed by atoms with Gasteiger partial charge in [-0.25, -0.2) is 9.37 Å². The van der Waals surface area contributed by atoms with Gasteiger partial charge in [-0.05, 0) is 49.7 Å². The molecule has 4 heteroatoms. The Bertz CT molecular complexity index is 569. The van der Waals surface area contributed by atoms with E-state index in [4.69, 9.17) is 4.74 Å². The molecule has 0 aliphatic carbocycles. The number of hydrogen-bond acceptors (Lipinski definition) is 3. The lowest BCUT2D eigenvalue weighted by atomic mass is 10.1. The first-order valence-corrected chi connectivity index (χ1v) is 6.73. The van der Waals surface area contributed by atoms with Crippen LogP contribution in [0.3, 0.4) is 0 Å². The van der Waals surface area contributed by atoms with Crippen LogP contribution in [-0.4, -0.2) is 11.5 Å². The Balaban J connectivity index is 2.10. The second-order valence-corrected chi connectivity index (χ2v) is 4.72. The first kappa shape index (κ1) is 14.5. The average Bonchev–Trinajstić information content (AvgIpc) is 2.43. The predicted octanol–water partition coefficient (Wildman–Crippen LogP) is 3.99. The molecular weight excluding hydrogens is 255 g/mol. The molecule has 20 heavy (non-hydrogen) atoms. The SMILES string of the molecule is CCNC(C)c1ccc(Oc2ccc(F)cc2C)nc1. The van der Waals surface area contributed by atoms with Crippen LogP contribution >= 0.6 is 0 Å². The van der Waals surface area contributed by atoms with Crippen LogP contribution < -0.4 is 10.1 Å². The van der Waals surface area contributed by atoms with E-state index in [1.165, 1.54) is 12.1 Å². The van der Waals surface area contributed by atoms with E-state index in [0.717, 1.165) is 17.7 Å². The van der Waals surface area contributed by atoms with Crippen molar-refractivity contribution in [3.63, 3.8) is 0 Å². The number of pyridine rings is 1. The van der Waals surface area contributed by atoms with Crippen molar-refractivity contribution in [3.05, 3.63) is 53.5 Å². The van der Waals surface area contributed by atoms with Crippen LogP contribution in [0.15, 0.2) is 36.5 Å². The number of aromatic nitrogens is 1. The standard InChI is InChI=1S/C16H19FN2O/c1-4-18-12(3)13-5-8-16(19-10-13)20-15-7-6-14(17)9-11(15)2/h5-10,12,18H,4H2,1-3H3. The van der Waals surface area contributed by atoms with E-state index in [-0.39, 0.29) is 11.9 Å². The Morgan fingerprint density at radius 1 is 1.30 bits per heavy atom. The van der Waals surface area contributed by atoms with Crippen molar-refractivity contribution in [1.29, 1.82) is 0 Å². The smallest absolute Gasteiger partial charge is 0.219 e. The minimum atomic E-state index is -0.266. The third kappa shape index (κ3) is 3.54. The maximum Gasteiger partial charge on any atom is 0.219 e. The average molecular weight is 274 g/mol. The minimum absolute atomic E-state index is 0.258. The molecular formula is C16H19FN2O. The predicted molar refractivity (Wildman–Crippen MR) is 77.5 cm³/mol. The maximum absolute atomic E-state index is 13.0. The zero-order chi connectivity index (χ0) is 14.5. The molecule has 0 saturated carbocycles. The molecule has 1 aromatic carbocycles. The van der Waals surface area contributed by atoms with E-state index in [2.05, 4.69) is 24.1 Å². The normalized spacial score (nSPS) is 12.2. The second-order valence-electron chi connectivity index (χ2n) is 4.72. The van der Waals surface area contributed by atoms with Crippen LogP contribution in [0.1, 0.15) is 31.0 Å². The summed E-state index contributed by atoms with van der Waals surface area (Å²) < 4.78 is 18.7. The molecule has 1 aromatic heterocycles. The highest BCUT2D eigenvalue weighted by atomic mass is 19.1. The highest BCUT2D eigenvalue weighted by molar-refractivity contribution is 5.35. The van der Waals surface area contributed by atoms with Gasteiger partial charge in [0.25, 0.3) is 0 Å². The number of hydrogen-bond donors (Lipinski definition) is 1. The number of benzene rings is 1. The summed E-state index contributed by atoms with van der Waals surface area (Å²) >= 11 is 0. The van der Waals surface area contributed by atoms with Gasteiger partial charge in [0.15, 0.2) is 0 Å². The van der Waals surface area contributed by atoms with Crippen molar-refractivity contribution in [1.82, 2.24) is 10.3 Å². The minimum Gasteiger partial charge on any atom is -0.439 e. The Morgan fingerprint density at radius 3 is 2.70 bits per heavy atom.